The molecule has 0 saturated carbocycles. The fraction of sp³-hybridized carbons (Fsp3) is 0.158. The molecule has 140 valence electrons. The van der Waals surface area contributed by atoms with Gasteiger partial charge in [0.1, 0.15) is 17.2 Å². The first-order chi connectivity index (χ1) is 13.0. The van der Waals surface area contributed by atoms with Crippen molar-refractivity contribution in [3.63, 3.8) is 0 Å². The molecular formula is C19H18BrN3O4. The summed E-state index contributed by atoms with van der Waals surface area (Å²) in [6.45, 7) is 0. The second kappa shape index (κ2) is 8.13. The van der Waals surface area contributed by atoms with Crippen molar-refractivity contribution >= 4 is 39.1 Å². The van der Waals surface area contributed by atoms with Gasteiger partial charge in [0, 0.05) is 17.0 Å². The van der Waals surface area contributed by atoms with Crippen LogP contribution in [0.1, 0.15) is 6.42 Å². The van der Waals surface area contributed by atoms with Gasteiger partial charge in [-0.2, -0.15) is 0 Å². The molecule has 0 atom stereocenters. The Morgan fingerprint density at radius 2 is 1.89 bits per heavy atom. The van der Waals surface area contributed by atoms with Crippen molar-refractivity contribution in [2.45, 2.75) is 6.42 Å². The number of rotatable bonds is 5. The van der Waals surface area contributed by atoms with Gasteiger partial charge in [-0.25, -0.2) is 5.01 Å². The van der Waals surface area contributed by atoms with Gasteiger partial charge in [0.25, 0.3) is 5.91 Å². The van der Waals surface area contributed by atoms with Crippen LogP contribution < -0.4 is 25.2 Å². The minimum absolute atomic E-state index is 0.117. The average molecular weight is 432 g/mol. The molecule has 0 aromatic heterocycles. The summed E-state index contributed by atoms with van der Waals surface area (Å²) in [6.07, 6.45) is 1.68. The monoisotopic (exact) mass is 431 g/mol. The van der Waals surface area contributed by atoms with Gasteiger partial charge in [0.2, 0.25) is 5.91 Å². The van der Waals surface area contributed by atoms with E-state index in [4.69, 9.17) is 9.47 Å². The maximum absolute atomic E-state index is 12.7. The summed E-state index contributed by atoms with van der Waals surface area (Å²) < 4.78 is 11.3. The van der Waals surface area contributed by atoms with E-state index in [9.17, 15) is 9.59 Å². The summed E-state index contributed by atoms with van der Waals surface area (Å²) in [4.78, 5) is 24.9. The van der Waals surface area contributed by atoms with Crippen LogP contribution in [0.15, 0.2) is 58.7 Å². The number of halogens is 1. The number of nitrogens with zero attached hydrogens (tertiary/aromatic N) is 1. The highest BCUT2D eigenvalue weighted by Gasteiger charge is 2.24. The third-order valence-corrected chi connectivity index (χ3v) is 4.48. The van der Waals surface area contributed by atoms with E-state index in [-0.39, 0.29) is 23.9 Å². The van der Waals surface area contributed by atoms with Gasteiger partial charge in [-0.3, -0.25) is 15.0 Å². The fourth-order valence-corrected chi connectivity index (χ4v) is 2.81. The number of nitrogens with one attached hydrogen (secondary N) is 2. The standard InChI is InChI=1S/C19H18BrN3O4/c1-26-14-7-8-15(17(11-14)27-2)21-19(25)16-9-10-18(24)23(22-16)13-5-3-12(20)4-6-13/h3-9,11,22H,10H2,1-2H3,(H,21,25). The van der Waals surface area contributed by atoms with Crippen LogP contribution in [0.2, 0.25) is 0 Å². The molecule has 0 aliphatic carbocycles. The molecule has 0 radical (unpaired) electrons. The van der Waals surface area contributed by atoms with Crippen LogP contribution in [0.3, 0.4) is 0 Å². The lowest BCUT2D eigenvalue weighted by Crippen LogP contribution is -2.47. The molecule has 1 heterocycles. The fourth-order valence-electron chi connectivity index (χ4n) is 2.54. The van der Waals surface area contributed by atoms with Crippen molar-refractivity contribution in [3.8, 4) is 11.5 Å². The summed E-state index contributed by atoms with van der Waals surface area (Å²) in [5.41, 5.74) is 4.29. The topological polar surface area (TPSA) is 79.9 Å². The molecule has 0 spiro atoms. The van der Waals surface area contributed by atoms with Crippen LogP contribution in [0.5, 0.6) is 11.5 Å². The largest absolute Gasteiger partial charge is 0.497 e. The van der Waals surface area contributed by atoms with E-state index in [1.165, 1.54) is 12.1 Å². The van der Waals surface area contributed by atoms with E-state index in [1.54, 1.807) is 43.5 Å². The normalized spacial score (nSPS) is 13.5. The number of hydrazine groups is 1. The van der Waals surface area contributed by atoms with Crippen LogP contribution in [0, 0.1) is 0 Å². The predicted octanol–water partition coefficient (Wildman–Crippen LogP) is 3.23. The molecule has 2 N–H and O–H groups in total. The van der Waals surface area contributed by atoms with E-state index in [2.05, 4.69) is 26.7 Å². The van der Waals surface area contributed by atoms with E-state index in [1.807, 2.05) is 12.1 Å². The zero-order valence-electron chi connectivity index (χ0n) is 14.8. The first kappa shape index (κ1) is 18.8. The summed E-state index contributed by atoms with van der Waals surface area (Å²) >= 11 is 3.36. The Morgan fingerprint density at radius 1 is 1.15 bits per heavy atom. The van der Waals surface area contributed by atoms with Gasteiger partial charge in [-0.1, -0.05) is 15.9 Å². The first-order valence-corrected chi connectivity index (χ1v) is 8.90. The van der Waals surface area contributed by atoms with E-state index in [0.717, 1.165) is 4.47 Å². The van der Waals surface area contributed by atoms with Crippen LogP contribution in [-0.2, 0) is 9.59 Å². The number of carbonyl (C=O) groups is 2. The predicted molar refractivity (Wildman–Crippen MR) is 106 cm³/mol. The lowest BCUT2D eigenvalue weighted by molar-refractivity contribution is -0.119. The van der Waals surface area contributed by atoms with Gasteiger partial charge in [0.15, 0.2) is 0 Å². The third kappa shape index (κ3) is 4.22. The van der Waals surface area contributed by atoms with Crippen LogP contribution >= 0.6 is 15.9 Å². The number of hydrogen-bond donors (Lipinski definition) is 2. The number of anilines is 2. The van der Waals surface area contributed by atoms with Gasteiger partial charge < -0.3 is 14.8 Å². The summed E-state index contributed by atoms with van der Waals surface area (Å²) in [5.74, 6) is 0.552. The van der Waals surface area contributed by atoms with E-state index >= 15 is 0 Å². The Balaban J connectivity index is 1.77. The number of benzene rings is 2. The Kier molecular flexibility index (Phi) is 5.66. The number of ether oxygens (including phenoxy) is 2. The maximum atomic E-state index is 12.7. The molecule has 2 amide bonds. The molecule has 0 unspecified atom stereocenters. The average Bonchev–Trinajstić information content (AvgIpc) is 2.69. The van der Waals surface area contributed by atoms with Gasteiger partial charge in [-0.05, 0) is 42.5 Å². The molecule has 27 heavy (non-hydrogen) atoms. The molecule has 0 bridgehead atoms. The second-order valence-electron chi connectivity index (χ2n) is 5.66. The molecule has 0 saturated heterocycles. The Morgan fingerprint density at radius 3 is 2.56 bits per heavy atom. The second-order valence-corrected chi connectivity index (χ2v) is 6.58. The minimum Gasteiger partial charge on any atom is -0.497 e. The van der Waals surface area contributed by atoms with Crippen molar-refractivity contribution in [3.05, 3.63) is 58.7 Å². The smallest absolute Gasteiger partial charge is 0.273 e. The quantitative estimate of drug-likeness (QED) is 0.759. The van der Waals surface area contributed by atoms with Crippen molar-refractivity contribution in [2.75, 3.05) is 24.5 Å². The van der Waals surface area contributed by atoms with Crippen molar-refractivity contribution < 1.29 is 19.1 Å². The van der Waals surface area contributed by atoms with Crippen molar-refractivity contribution in [1.29, 1.82) is 0 Å². The molecule has 8 heteroatoms. The van der Waals surface area contributed by atoms with Gasteiger partial charge in [-0.15, -0.1) is 0 Å². The molecule has 1 aliphatic rings. The maximum Gasteiger partial charge on any atom is 0.273 e. The summed E-state index contributed by atoms with van der Waals surface area (Å²) in [5, 5.41) is 4.14. The molecule has 7 nitrogen and oxygen atoms in total. The van der Waals surface area contributed by atoms with Crippen molar-refractivity contribution in [2.24, 2.45) is 0 Å². The van der Waals surface area contributed by atoms with E-state index < -0.39 is 0 Å². The van der Waals surface area contributed by atoms with Crippen LogP contribution in [0.4, 0.5) is 11.4 Å². The molecule has 0 fully saturated rings. The zero-order chi connectivity index (χ0) is 19.4. The minimum atomic E-state index is -0.381. The number of hydrogen-bond acceptors (Lipinski definition) is 5. The van der Waals surface area contributed by atoms with Crippen LogP contribution in [0.25, 0.3) is 0 Å². The SMILES string of the molecule is COc1ccc(NC(=O)C2=CCC(=O)N(c3ccc(Br)cc3)N2)c(OC)c1. The number of methoxy groups -OCH3 is 2. The van der Waals surface area contributed by atoms with Crippen LogP contribution in [-0.4, -0.2) is 26.0 Å². The first-order valence-electron chi connectivity index (χ1n) is 8.10. The summed E-state index contributed by atoms with van der Waals surface area (Å²) in [6, 6.07) is 12.3. The number of amides is 2. The molecule has 2 aromatic rings. The van der Waals surface area contributed by atoms with Crippen molar-refractivity contribution in [1.82, 2.24) is 5.43 Å². The molecule has 2 aromatic carbocycles. The highest BCUT2D eigenvalue weighted by Crippen LogP contribution is 2.29. The highest BCUT2D eigenvalue weighted by molar-refractivity contribution is 9.10. The highest BCUT2D eigenvalue weighted by atomic mass is 79.9. The molecular weight excluding hydrogens is 414 g/mol. The Hall–Kier alpha value is -3.00. The lowest BCUT2D eigenvalue weighted by atomic mass is 10.2. The van der Waals surface area contributed by atoms with Gasteiger partial charge in [0.05, 0.1) is 25.6 Å². The number of carbonyl (C=O) groups excluding carboxylic acids is 2. The molecule has 3 rings (SSSR count). The summed E-state index contributed by atoms with van der Waals surface area (Å²) in [7, 11) is 3.06. The zero-order valence-corrected chi connectivity index (χ0v) is 16.4. The Labute approximate surface area is 165 Å². The molecule has 1 aliphatic heterocycles. The van der Waals surface area contributed by atoms with Gasteiger partial charge >= 0.3 is 0 Å². The Bertz CT molecular complexity index is 896. The third-order valence-electron chi connectivity index (χ3n) is 3.95. The lowest BCUT2D eigenvalue weighted by Gasteiger charge is -2.28. The van der Waals surface area contributed by atoms with E-state index in [0.29, 0.717) is 22.9 Å².